The summed E-state index contributed by atoms with van der Waals surface area (Å²) in [6.07, 6.45) is 9.51. The van der Waals surface area contributed by atoms with Crippen molar-refractivity contribution in [2.24, 2.45) is 5.92 Å². The number of ether oxygens (including phenoxy) is 1. The van der Waals surface area contributed by atoms with Gasteiger partial charge >= 0.3 is 0 Å². The molecule has 140 valence electrons. The lowest BCUT2D eigenvalue weighted by molar-refractivity contribution is -0.0316. The van der Waals surface area contributed by atoms with E-state index in [0.29, 0.717) is 12.5 Å². The van der Waals surface area contributed by atoms with Crippen LogP contribution in [-0.4, -0.2) is 32.5 Å². The molecule has 1 aliphatic rings. The van der Waals surface area contributed by atoms with Crippen LogP contribution in [0, 0.1) is 12.8 Å². The Morgan fingerprint density at radius 2 is 2.07 bits per heavy atom. The SMILES string of the molecule is CCCn1cc(-n2cc(-c3cnc(CC4COC4)cc3C)cn2)ccc1=O. The molecule has 0 radical (unpaired) electrons. The second kappa shape index (κ2) is 7.48. The largest absolute Gasteiger partial charge is 0.381 e. The maximum absolute atomic E-state index is 11.9. The van der Waals surface area contributed by atoms with Gasteiger partial charge in [-0.1, -0.05) is 6.92 Å². The first-order valence-corrected chi connectivity index (χ1v) is 9.43. The van der Waals surface area contributed by atoms with Crippen LogP contribution in [0.15, 0.2) is 47.8 Å². The van der Waals surface area contributed by atoms with Crippen LogP contribution < -0.4 is 5.56 Å². The molecule has 3 aromatic rings. The zero-order valence-electron chi connectivity index (χ0n) is 15.8. The van der Waals surface area contributed by atoms with Crippen LogP contribution in [0.5, 0.6) is 0 Å². The molecule has 4 heterocycles. The number of hydrogen-bond acceptors (Lipinski definition) is 4. The van der Waals surface area contributed by atoms with E-state index in [4.69, 9.17) is 4.74 Å². The van der Waals surface area contributed by atoms with Crippen molar-refractivity contribution in [3.05, 3.63) is 64.6 Å². The van der Waals surface area contributed by atoms with E-state index in [1.807, 2.05) is 24.8 Å². The Labute approximate surface area is 158 Å². The van der Waals surface area contributed by atoms with E-state index in [9.17, 15) is 4.79 Å². The molecule has 1 saturated heterocycles. The van der Waals surface area contributed by atoms with Crippen molar-refractivity contribution >= 4 is 0 Å². The molecule has 4 rings (SSSR count). The molecule has 0 N–H and O–H groups in total. The summed E-state index contributed by atoms with van der Waals surface area (Å²) >= 11 is 0. The smallest absolute Gasteiger partial charge is 0.250 e. The van der Waals surface area contributed by atoms with Gasteiger partial charge < -0.3 is 9.30 Å². The number of nitrogens with zero attached hydrogens (tertiary/aromatic N) is 4. The van der Waals surface area contributed by atoms with Crippen molar-refractivity contribution in [2.45, 2.75) is 33.2 Å². The molecule has 6 heteroatoms. The minimum absolute atomic E-state index is 0.0143. The molecule has 0 saturated carbocycles. The summed E-state index contributed by atoms with van der Waals surface area (Å²) in [5.74, 6) is 0.601. The Bertz CT molecular complexity index is 1000. The molecular weight excluding hydrogens is 340 g/mol. The van der Waals surface area contributed by atoms with Crippen molar-refractivity contribution in [1.29, 1.82) is 0 Å². The van der Waals surface area contributed by atoms with Gasteiger partial charge in [-0.3, -0.25) is 9.78 Å². The predicted octanol–water partition coefficient (Wildman–Crippen LogP) is 3.00. The highest BCUT2D eigenvalue weighted by atomic mass is 16.5. The molecule has 0 unspecified atom stereocenters. The van der Waals surface area contributed by atoms with Crippen molar-refractivity contribution in [3.8, 4) is 16.8 Å². The average molecular weight is 364 g/mol. The zero-order chi connectivity index (χ0) is 18.8. The lowest BCUT2D eigenvalue weighted by Crippen LogP contribution is -2.29. The highest BCUT2D eigenvalue weighted by molar-refractivity contribution is 5.65. The molecule has 1 aliphatic heterocycles. The maximum atomic E-state index is 11.9. The normalized spacial score (nSPS) is 14.3. The molecule has 0 aromatic carbocycles. The van der Waals surface area contributed by atoms with Gasteiger partial charge in [0.2, 0.25) is 0 Å². The molecule has 1 fully saturated rings. The predicted molar refractivity (Wildman–Crippen MR) is 104 cm³/mol. The van der Waals surface area contributed by atoms with Gasteiger partial charge in [0.05, 0.1) is 25.1 Å². The van der Waals surface area contributed by atoms with Crippen molar-refractivity contribution < 1.29 is 4.74 Å². The Balaban J connectivity index is 1.59. The van der Waals surface area contributed by atoms with Gasteiger partial charge in [0.1, 0.15) is 0 Å². The Morgan fingerprint density at radius 3 is 2.78 bits per heavy atom. The standard InChI is InChI=1S/C21H24N4O2/c1-3-6-24-12-19(4-5-21(24)26)25-11-17(9-23-25)20-10-22-18(7-15(20)2)8-16-13-27-14-16/h4-5,7,9-12,16H,3,6,8,13-14H2,1-2H3. The summed E-state index contributed by atoms with van der Waals surface area (Å²) < 4.78 is 8.78. The molecule has 3 aromatic heterocycles. The van der Waals surface area contributed by atoms with Gasteiger partial charge in [-0.2, -0.15) is 5.10 Å². The Morgan fingerprint density at radius 1 is 1.22 bits per heavy atom. The van der Waals surface area contributed by atoms with Gasteiger partial charge in [0.15, 0.2) is 0 Å². The van der Waals surface area contributed by atoms with Gasteiger partial charge in [0, 0.05) is 53.9 Å². The van der Waals surface area contributed by atoms with Crippen molar-refractivity contribution in [2.75, 3.05) is 13.2 Å². The highest BCUT2D eigenvalue weighted by Crippen LogP contribution is 2.25. The van der Waals surface area contributed by atoms with Crippen LogP contribution in [0.2, 0.25) is 0 Å². The van der Waals surface area contributed by atoms with Gasteiger partial charge in [-0.15, -0.1) is 0 Å². The quantitative estimate of drug-likeness (QED) is 0.675. The van der Waals surface area contributed by atoms with Crippen LogP contribution in [0.25, 0.3) is 16.8 Å². The second-order valence-electron chi connectivity index (χ2n) is 7.19. The summed E-state index contributed by atoms with van der Waals surface area (Å²) in [5.41, 5.74) is 5.30. The van der Waals surface area contributed by atoms with Gasteiger partial charge in [-0.25, -0.2) is 4.68 Å². The van der Waals surface area contributed by atoms with E-state index < -0.39 is 0 Å². The van der Waals surface area contributed by atoms with Crippen LogP contribution in [0.1, 0.15) is 24.6 Å². The summed E-state index contributed by atoms with van der Waals surface area (Å²) in [6.45, 7) is 6.56. The fraction of sp³-hybridized carbons (Fsp3) is 0.381. The number of pyridine rings is 2. The molecular formula is C21H24N4O2. The Kier molecular flexibility index (Phi) is 4.90. The van der Waals surface area contributed by atoms with Crippen LogP contribution in [0.3, 0.4) is 0 Å². The topological polar surface area (TPSA) is 61.9 Å². The minimum Gasteiger partial charge on any atom is -0.381 e. The number of hydrogen-bond donors (Lipinski definition) is 0. The fourth-order valence-electron chi connectivity index (χ4n) is 3.40. The first-order valence-electron chi connectivity index (χ1n) is 9.43. The number of rotatable bonds is 6. The maximum Gasteiger partial charge on any atom is 0.250 e. The monoisotopic (exact) mass is 364 g/mol. The van der Waals surface area contributed by atoms with E-state index in [0.717, 1.165) is 48.6 Å². The fourth-order valence-corrected chi connectivity index (χ4v) is 3.40. The van der Waals surface area contributed by atoms with E-state index in [-0.39, 0.29) is 5.56 Å². The van der Waals surface area contributed by atoms with E-state index >= 15 is 0 Å². The van der Waals surface area contributed by atoms with Crippen LogP contribution >= 0.6 is 0 Å². The molecule has 0 atom stereocenters. The third-order valence-corrected chi connectivity index (χ3v) is 4.96. The summed E-state index contributed by atoms with van der Waals surface area (Å²) in [7, 11) is 0. The van der Waals surface area contributed by atoms with Crippen molar-refractivity contribution in [1.82, 2.24) is 19.3 Å². The van der Waals surface area contributed by atoms with Crippen LogP contribution in [-0.2, 0) is 17.7 Å². The Hall–Kier alpha value is -2.73. The highest BCUT2D eigenvalue weighted by Gasteiger charge is 2.19. The first-order chi connectivity index (χ1) is 13.1. The van der Waals surface area contributed by atoms with Crippen LogP contribution in [0.4, 0.5) is 0 Å². The summed E-state index contributed by atoms with van der Waals surface area (Å²) in [4.78, 5) is 16.5. The van der Waals surface area contributed by atoms with Crippen molar-refractivity contribution in [3.63, 3.8) is 0 Å². The molecule has 0 spiro atoms. The van der Waals surface area contributed by atoms with E-state index in [2.05, 4.69) is 30.0 Å². The third kappa shape index (κ3) is 3.71. The molecule has 0 aliphatic carbocycles. The summed E-state index contributed by atoms with van der Waals surface area (Å²) in [5, 5.41) is 4.49. The first kappa shape index (κ1) is 17.7. The zero-order valence-corrected chi connectivity index (χ0v) is 15.8. The lowest BCUT2D eigenvalue weighted by Gasteiger charge is -2.25. The van der Waals surface area contributed by atoms with E-state index in [1.165, 1.54) is 5.56 Å². The van der Waals surface area contributed by atoms with E-state index in [1.54, 1.807) is 21.4 Å². The molecule has 6 nitrogen and oxygen atoms in total. The lowest BCUT2D eigenvalue weighted by atomic mass is 9.99. The summed E-state index contributed by atoms with van der Waals surface area (Å²) in [6, 6.07) is 5.56. The average Bonchev–Trinajstić information content (AvgIpc) is 3.10. The number of aryl methyl sites for hydroxylation is 2. The minimum atomic E-state index is 0.0143. The second-order valence-corrected chi connectivity index (χ2v) is 7.19. The van der Waals surface area contributed by atoms with Gasteiger partial charge in [0.25, 0.3) is 5.56 Å². The molecule has 27 heavy (non-hydrogen) atoms. The molecule has 0 amide bonds. The van der Waals surface area contributed by atoms with Gasteiger partial charge in [-0.05, 0) is 37.5 Å². The number of aromatic nitrogens is 4. The third-order valence-electron chi connectivity index (χ3n) is 4.96. The molecule has 0 bridgehead atoms.